The summed E-state index contributed by atoms with van der Waals surface area (Å²) < 4.78 is 0. The lowest BCUT2D eigenvalue weighted by molar-refractivity contribution is -0.147. The van der Waals surface area contributed by atoms with Crippen LogP contribution in [-0.2, 0) is 4.79 Å². The lowest BCUT2D eigenvalue weighted by atomic mass is 9.78. The molecule has 0 fully saturated rings. The number of allylic oxidation sites excluding steroid dienone is 2. The molecule has 1 aliphatic rings. The first-order valence-electron chi connectivity index (χ1n) is 4.91. The highest BCUT2D eigenvalue weighted by Gasteiger charge is 2.30. The highest BCUT2D eigenvalue weighted by molar-refractivity contribution is 5.73. The van der Waals surface area contributed by atoms with Gasteiger partial charge in [-0.15, -0.1) is 0 Å². The molecule has 1 N–H and O–H groups in total. The second-order valence-corrected chi connectivity index (χ2v) is 4.54. The molecular formula is C11H18O2. The van der Waals surface area contributed by atoms with Crippen molar-refractivity contribution in [3.05, 3.63) is 12.2 Å². The molecule has 0 amide bonds. The van der Waals surface area contributed by atoms with Crippen LogP contribution in [0.25, 0.3) is 0 Å². The zero-order valence-corrected chi connectivity index (χ0v) is 8.42. The fourth-order valence-electron chi connectivity index (χ4n) is 1.85. The van der Waals surface area contributed by atoms with Crippen LogP contribution >= 0.6 is 0 Å². The molecule has 0 heterocycles. The summed E-state index contributed by atoms with van der Waals surface area (Å²) in [6.07, 6.45) is 8.47. The first-order chi connectivity index (χ1) is 6.02. The summed E-state index contributed by atoms with van der Waals surface area (Å²) >= 11 is 0. The Morgan fingerprint density at radius 3 is 2.69 bits per heavy atom. The van der Waals surface area contributed by atoms with Gasteiger partial charge in [-0.3, -0.25) is 4.79 Å². The average molecular weight is 182 g/mol. The Morgan fingerprint density at radius 1 is 1.54 bits per heavy atom. The fourth-order valence-corrected chi connectivity index (χ4v) is 1.85. The maximum absolute atomic E-state index is 10.9. The summed E-state index contributed by atoms with van der Waals surface area (Å²) in [4.78, 5) is 10.9. The molecule has 0 aromatic carbocycles. The van der Waals surface area contributed by atoms with E-state index in [1.807, 2.05) is 13.8 Å². The van der Waals surface area contributed by atoms with E-state index in [-0.39, 0.29) is 0 Å². The van der Waals surface area contributed by atoms with Crippen molar-refractivity contribution < 1.29 is 9.90 Å². The number of hydrogen-bond donors (Lipinski definition) is 1. The predicted molar refractivity (Wildman–Crippen MR) is 52.5 cm³/mol. The number of rotatable bonds is 3. The molecule has 0 aromatic heterocycles. The summed E-state index contributed by atoms with van der Waals surface area (Å²) in [6.45, 7) is 3.63. The van der Waals surface area contributed by atoms with Gasteiger partial charge in [-0.05, 0) is 45.4 Å². The van der Waals surface area contributed by atoms with Crippen LogP contribution in [-0.4, -0.2) is 11.1 Å². The minimum atomic E-state index is -0.679. The number of hydrogen-bond acceptors (Lipinski definition) is 1. The van der Waals surface area contributed by atoms with Gasteiger partial charge in [-0.1, -0.05) is 12.2 Å². The minimum Gasteiger partial charge on any atom is -0.481 e. The van der Waals surface area contributed by atoms with E-state index in [0.29, 0.717) is 5.92 Å². The van der Waals surface area contributed by atoms with Crippen LogP contribution in [0.15, 0.2) is 12.2 Å². The zero-order valence-electron chi connectivity index (χ0n) is 8.42. The second-order valence-electron chi connectivity index (χ2n) is 4.54. The molecule has 2 nitrogen and oxygen atoms in total. The smallest absolute Gasteiger partial charge is 0.309 e. The number of carbonyl (C=O) groups is 1. The van der Waals surface area contributed by atoms with Crippen molar-refractivity contribution in [1.82, 2.24) is 0 Å². The molecule has 0 aliphatic heterocycles. The lowest BCUT2D eigenvalue weighted by Crippen LogP contribution is -2.27. The van der Waals surface area contributed by atoms with Gasteiger partial charge in [-0.2, -0.15) is 0 Å². The molecule has 0 bridgehead atoms. The van der Waals surface area contributed by atoms with Crippen LogP contribution in [0, 0.1) is 11.3 Å². The van der Waals surface area contributed by atoms with Crippen molar-refractivity contribution in [3.8, 4) is 0 Å². The van der Waals surface area contributed by atoms with Crippen molar-refractivity contribution in [1.29, 1.82) is 0 Å². The number of carboxylic acid groups (broad SMARTS) is 1. The van der Waals surface area contributed by atoms with Crippen molar-refractivity contribution >= 4 is 5.97 Å². The summed E-state index contributed by atoms with van der Waals surface area (Å²) in [5, 5.41) is 8.95. The van der Waals surface area contributed by atoms with Gasteiger partial charge in [0.15, 0.2) is 0 Å². The fraction of sp³-hybridized carbons (Fsp3) is 0.727. The first-order valence-corrected chi connectivity index (χ1v) is 4.91. The second kappa shape index (κ2) is 3.95. The third-order valence-electron chi connectivity index (χ3n) is 2.76. The molecule has 74 valence electrons. The van der Waals surface area contributed by atoms with Gasteiger partial charge in [0.25, 0.3) is 0 Å². The van der Waals surface area contributed by atoms with Crippen molar-refractivity contribution in [3.63, 3.8) is 0 Å². The van der Waals surface area contributed by atoms with Crippen LogP contribution in [0.4, 0.5) is 0 Å². The molecule has 0 radical (unpaired) electrons. The number of aliphatic carboxylic acids is 1. The Balaban J connectivity index is 2.47. The topological polar surface area (TPSA) is 37.3 Å². The van der Waals surface area contributed by atoms with Crippen molar-refractivity contribution in [2.45, 2.75) is 39.5 Å². The Morgan fingerprint density at radius 2 is 2.23 bits per heavy atom. The van der Waals surface area contributed by atoms with Gasteiger partial charge in [0.05, 0.1) is 5.41 Å². The molecule has 0 saturated heterocycles. The molecular weight excluding hydrogens is 164 g/mol. The number of carboxylic acids is 1. The molecule has 0 aromatic rings. The van der Waals surface area contributed by atoms with E-state index in [1.54, 1.807) is 0 Å². The average Bonchev–Trinajstić information content (AvgIpc) is 2.05. The molecule has 13 heavy (non-hydrogen) atoms. The Kier molecular flexibility index (Phi) is 3.12. The van der Waals surface area contributed by atoms with E-state index in [9.17, 15) is 4.79 Å². The molecule has 1 unspecified atom stereocenters. The van der Waals surface area contributed by atoms with E-state index in [1.165, 1.54) is 0 Å². The summed E-state index contributed by atoms with van der Waals surface area (Å²) in [7, 11) is 0. The molecule has 1 atom stereocenters. The van der Waals surface area contributed by atoms with Gasteiger partial charge in [0, 0.05) is 0 Å². The zero-order chi connectivity index (χ0) is 9.90. The standard InChI is InChI=1S/C11H18O2/c1-11(2,10(12)13)8-9-6-4-3-5-7-9/h3-4,9H,5-8H2,1-2H3,(H,12,13). The monoisotopic (exact) mass is 182 g/mol. The Hall–Kier alpha value is -0.790. The van der Waals surface area contributed by atoms with E-state index in [0.717, 1.165) is 25.7 Å². The van der Waals surface area contributed by atoms with Crippen LogP contribution in [0.1, 0.15) is 39.5 Å². The first kappa shape index (κ1) is 10.3. The summed E-state index contributed by atoms with van der Waals surface area (Å²) in [5.41, 5.74) is -0.560. The minimum absolute atomic E-state index is 0.560. The normalized spacial score (nSPS) is 23.1. The molecule has 0 spiro atoms. The van der Waals surface area contributed by atoms with Gasteiger partial charge >= 0.3 is 5.97 Å². The molecule has 1 rings (SSSR count). The van der Waals surface area contributed by atoms with Crippen LogP contribution < -0.4 is 0 Å². The van der Waals surface area contributed by atoms with Gasteiger partial charge in [0.2, 0.25) is 0 Å². The van der Waals surface area contributed by atoms with E-state index < -0.39 is 11.4 Å². The van der Waals surface area contributed by atoms with Crippen LogP contribution in [0.5, 0.6) is 0 Å². The molecule has 1 aliphatic carbocycles. The quantitative estimate of drug-likeness (QED) is 0.681. The van der Waals surface area contributed by atoms with Gasteiger partial charge in [0.1, 0.15) is 0 Å². The highest BCUT2D eigenvalue weighted by Crippen LogP contribution is 2.32. The maximum Gasteiger partial charge on any atom is 0.309 e. The third-order valence-corrected chi connectivity index (χ3v) is 2.76. The predicted octanol–water partition coefficient (Wildman–Crippen LogP) is 2.84. The summed E-state index contributed by atoms with van der Waals surface area (Å²) in [6, 6.07) is 0. The van der Waals surface area contributed by atoms with Crippen molar-refractivity contribution in [2.24, 2.45) is 11.3 Å². The SMILES string of the molecule is CC(C)(CC1CC=CCC1)C(=O)O. The maximum atomic E-state index is 10.9. The summed E-state index contributed by atoms with van der Waals surface area (Å²) in [5.74, 6) is -0.113. The van der Waals surface area contributed by atoms with E-state index in [4.69, 9.17) is 5.11 Å². The van der Waals surface area contributed by atoms with Gasteiger partial charge in [-0.25, -0.2) is 0 Å². The Labute approximate surface area is 79.6 Å². The highest BCUT2D eigenvalue weighted by atomic mass is 16.4. The van der Waals surface area contributed by atoms with Gasteiger partial charge < -0.3 is 5.11 Å². The van der Waals surface area contributed by atoms with Crippen molar-refractivity contribution in [2.75, 3.05) is 0 Å². The largest absolute Gasteiger partial charge is 0.481 e. The van der Waals surface area contributed by atoms with E-state index in [2.05, 4.69) is 12.2 Å². The third kappa shape index (κ3) is 2.87. The van der Waals surface area contributed by atoms with E-state index >= 15 is 0 Å². The van der Waals surface area contributed by atoms with Crippen LogP contribution in [0.3, 0.4) is 0 Å². The van der Waals surface area contributed by atoms with Crippen LogP contribution in [0.2, 0.25) is 0 Å². The molecule has 0 saturated carbocycles. The lowest BCUT2D eigenvalue weighted by Gasteiger charge is -2.26. The molecule has 2 heteroatoms. The Bertz CT molecular complexity index is 216.